The molecule has 8 nitrogen and oxygen atoms in total. The molecule has 0 spiro atoms. The van der Waals surface area contributed by atoms with Gasteiger partial charge >= 0.3 is 0 Å². The fraction of sp³-hybridized carbons (Fsp3) is 0.375. The maximum Gasteiger partial charge on any atom is 0.254 e. The summed E-state index contributed by atoms with van der Waals surface area (Å²) in [4.78, 5) is 40.4. The second-order valence-corrected chi connectivity index (χ2v) is 8.08. The normalized spacial score (nSPS) is 13.6. The number of likely N-dealkylation sites (N-methyl/N-ethyl adjacent to an activating group) is 1. The van der Waals surface area contributed by atoms with Crippen LogP contribution in [0.2, 0.25) is 0 Å². The van der Waals surface area contributed by atoms with E-state index in [1.165, 1.54) is 4.90 Å². The summed E-state index contributed by atoms with van der Waals surface area (Å²) in [7, 11) is 1.58. The summed E-state index contributed by atoms with van der Waals surface area (Å²) in [5.74, 6) is -0.766. The predicted molar refractivity (Wildman–Crippen MR) is 125 cm³/mol. The molecule has 1 fully saturated rings. The van der Waals surface area contributed by atoms with Gasteiger partial charge in [-0.3, -0.25) is 14.4 Å². The second kappa shape index (κ2) is 10.8. The molecule has 2 N–H and O–H groups in total. The number of nitrogens with zero attached hydrogens (tertiary/aromatic N) is 2. The van der Waals surface area contributed by atoms with Crippen molar-refractivity contribution in [1.82, 2.24) is 4.90 Å². The Kier molecular flexibility index (Phi) is 7.83. The Hall–Kier alpha value is -3.39. The van der Waals surface area contributed by atoms with Gasteiger partial charge in [-0.15, -0.1) is 0 Å². The van der Waals surface area contributed by atoms with Crippen LogP contribution >= 0.6 is 0 Å². The van der Waals surface area contributed by atoms with E-state index in [-0.39, 0.29) is 30.2 Å². The van der Waals surface area contributed by atoms with Gasteiger partial charge in [-0.05, 0) is 48.5 Å². The van der Waals surface area contributed by atoms with Crippen molar-refractivity contribution in [2.45, 2.75) is 13.8 Å². The van der Waals surface area contributed by atoms with E-state index in [9.17, 15) is 14.4 Å². The highest BCUT2D eigenvalue weighted by atomic mass is 16.5. The average Bonchev–Trinajstić information content (AvgIpc) is 2.80. The van der Waals surface area contributed by atoms with Crippen LogP contribution in [-0.4, -0.2) is 62.5 Å². The zero-order chi connectivity index (χ0) is 23.1. The monoisotopic (exact) mass is 438 g/mol. The lowest BCUT2D eigenvalue weighted by atomic mass is 10.1. The topological polar surface area (TPSA) is 91.0 Å². The van der Waals surface area contributed by atoms with Crippen LogP contribution < -0.4 is 15.5 Å². The fourth-order valence-corrected chi connectivity index (χ4v) is 3.27. The van der Waals surface area contributed by atoms with Crippen molar-refractivity contribution in [1.29, 1.82) is 0 Å². The van der Waals surface area contributed by atoms with E-state index in [0.29, 0.717) is 30.2 Å². The van der Waals surface area contributed by atoms with Crippen LogP contribution in [0.4, 0.5) is 17.1 Å². The van der Waals surface area contributed by atoms with E-state index in [4.69, 9.17) is 4.74 Å². The van der Waals surface area contributed by atoms with Crippen LogP contribution in [0.1, 0.15) is 24.2 Å². The Morgan fingerprint density at radius 2 is 1.50 bits per heavy atom. The van der Waals surface area contributed by atoms with E-state index >= 15 is 0 Å². The molecule has 0 atom stereocenters. The number of hydrogen-bond acceptors (Lipinski definition) is 5. The molecule has 0 unspecified atom stereocenters. The Balaban J connectivity index is 1.51. The third kappa shape index (κ3) is 6.31. The van der Waals surface area contributed by atoms with Crippen molar-refractivity contribution in [2.75, 3.05) is 55.4 Å². The first kappa shape index (κ1) is 23.3. The lowest BCUT2D eigenvalue weighted by molar-refractivity contribution is -0.119. The summed E-state index contributed by atoms with van der Waals surface area (Å²) in [6, 6.07) is 14.3. The summed E-state index contributed by atoms with van der Waals surface area (Å²) < 4.78 is 5.37. The molecule has 2 aromatic rings. The number of carbonyl (C=O) groups excluding carboxylic acids is 3. The maximum absolute atomic E-state index is 12.6. The van der Waals surface area contributed by atoms with Crippen LogP contribution in [0.5, 0.6) is 0 Å². The Labute approximate surface area is 188 Å². The molecular weight excluding hydrogens is 408 g/mol. The molecule has 0 saturated carbocycles. The first-order chi connectivity index (χ1) is 15.3. The van der Waals surface area contributed by atoms with Crippen molar-refractivity contribution >= 4 is 34.8 Å². The molecule has 0 aromatic heterocycles. The molecule has 2 aromatic carbocycles. The maximum atomic E-state index is 12.6. The standard InChI is InChI=1S/C24H30N4O4/c1-17(2)23(30)26-20-6-4-18(5-7-20)24(31)27(3)16-22(29)25-19-8-10-21(11-9-19)28-12-14-32-15-13-28/h4-11,17H,12-16H2,1-3H3,(H,25,29)(H,26,30). The van der Waals surface area contributed by atoms with Crippen molar-refractivity contribution in [3.05, 3.63) is 54.1 Å². The summed E-state index contributed by atoms with van der Waals surface area (Å²) in [6.07, 6.45) is 0. The molecule has 8 heteroatoms. The lowest BCUT2D eigenvalue weighted by Gasteiger charge is -2.28. The van der Waals surface area contributed by atoms with E-state index in [1.807, 2.05) is 38.1 Å². The van der Waals surface area contributed by atoms with E-state index in [1.54, 1.807) is 31.3 Å². The number of rotatable bonds is 7. The molecule has 1 aliphatic rings. The van der Waals surface area contributed by atoms with Gasteiger partial charge in [-0.1, -0.05) is 13.8 Å². The molecule has 0 aliphatic carbocycles. The van der Waals surface area contributed by atoms with Crippen molar-refractivity contribution in [3.63, 3.8) is 0 Å². The number of benzene rings is 2. The van der Waals surface area contributed by atoms with Crippen molar-refractivity contribution in [2.24, 2.45) is 5.92 Å². The highest BCUT2D eigenvalue weighted by Gasteiger charge is 2.16. The van der Waals surface area contributed by atoms with Gasteiger partial charge in [-0.25, -0.2) is 0 Å². The quantitative estimate of drug-likeness (QED) is 0.694. The Morgan fingerprint density at radius 1 is 0.938 bits per heavy atom. The molecule has 1 heterocycles. The summed E-state index contributed by atoms with van der Waals surface area (Å²) >= 11 is 0. The summed E-state index contributed by atoms with van der Waals surface area (Å²) in [5, 5.41) is 5.61. The van der Waals surface area contributed by atoms with Crippen molar-refractivity contribution < 1.29 is 19.1 Å². The lowest BCUT2D eigenvalue weighted by Crippen LogP contribution is -2.36. The van der Waals surface area contributed by atoms with E-state index in [2.05, 4.69) is 15.5 Å². The van der Waals surface area contributed by atoms with Crippen LogP contribution in [0.15, 0.2) is 48.5 Å². The third-order valence-electron chi connectivity index (χ3n) is 5.18. The molecule has 3 rings (SSSR count). The van der Waals surface area contributed by atoms with Gasteiger partial charge in [0.1, 0.15) is 0 Å². The van der Waals surface area contributed by atoms with Crippen LogP contribution in [-0.2, 0) is 14.3 Å². The van der Waals surface area contributed by atoms with Gasteiger partial charge < -0.3 is 25.2 Å². The molecule has 0 bridgehead atoms. The molecule has 1 saturated heterocycles. The minimum atomic E-state index is -0.277. The molecule has 3 amide bonds. The average molecular weight is 439 g/mol. The molecule has 0 radical (unpaired) electrons. The summed E-state index contributed by atoms with van der Waals surface area (Å²) in [6.45, 7) is 6.68. The summed E-state index contributed by atoms with van der Waals surface area (Å²) in [5.41, 5.74) is 2.84. The van der Waals surface area contributed by atoms with Gasteiger partial charge in [0.05, 0.1) is 19.8 Å². The third-order valence-corrected chi connectivity index (χ3v) is 5.18. The van der Waals surface area contributed by atoms with Gasteiger partial charge in [-0.2, -0.15) is 0 Å². The smallest absolute Gasteiger partial charge is 0.254 e. The van der Waals surface area contributed by atoms with E-state index in [0.717, 1.165) is 18.8 Å². The molecular formula is C24H30N4O4. The van der Waals surface area contributed by atoms with Gasteiger partial charge in [0.15, 0.2) is 0 Å². The number of ether oxygens (including phenoxy) is 1. The number of anilines is 3. The molecule has 170 valence electrons. The minimum absolute atomic E-state index is 0.0735. The SMILES string of the molecule is CC(C)C(=O)Nc1ccc(C(=O)N(C)CC(=O)Nc2ccc(N3CCOCC3)cc2)cc1. The number of amides is 3. The van der Waals surface area contributed by atoms with Crippen LogP contribution in [0.3, 0.4) is 0 Å². The van der Waals surface area contributed by atoms with Crippen LogP contribution in [0.25, 0.3) is 0 Å². The Morgan fingerprint density at radius 3 is 2.09 bits per heavy atom. The van der Waals surface area contributed by atoms with E-state index < -0.39 is 0 Å². The van der Waals surface area contributed by atoms with Gasteiger partial charge in [0.2, 0.25) is 11.8 Å². The highest BCUT2D eigenvalue weighted by molar-refractivity contribution is 6.00. The van der Waals surface area contributed by atoms with Gasteiger partial charge in [0.25, 0.3) is 5.91 Å². The Bertz CT molecular complexity index is 935. The van der Waals surface area contributed by atoms with Crippen molar-refractivity contribution in [3.8, 4) is 0 Å². The number of nitrogens with one attached hydrogen (secondary N) is 2. The molecule has 32 heavy (non-hydrogen) atoms. The second-order valence-electron chi connectivity index (χ2n) is 8.08. The fourth-order valence-electron chi connectivity index (χ4n) is 3.27. The highest BCUT2D eigenvalue weighted by Crippen LogP contribution is 2.19. The first-order valence-corrected chi connectivity index (χ1v) is 10.7. The minimum Gasteiger partial charge on any atom is -0.378 e. The number of hydrogen-bond donors (Lipinski definition) is 2. The van der Waals surface area contributed by atoms with Crippen LogP contribution in [0, 0.1) is 5.92 Å². The van der Waals surface area contributed by atoms with Gasteiger partial charge in [0, 0.05) is 48.7 Å². The largest absolute Gasteiger partial charge is 0.378 e. The zero-order valence-corrected chi connectivity index (χ0v) is 18.8. The zero-order valence-electron chi connectivity index (χ0n) is 18.8. The predicted octanol–water partition coefficient (Wildman–Crippen LogP) is 2.83. The number of carbonyl (C=O) groups is 3. The first-order valence-electron chi connectivity index (χ1n) is 10.7. The molecule has 1 aliphatic heterocycles. The number of morpholine rings is 1.